The van der Waals surface area contributed by atoms with E-state index in [1.807, 2.05) is 41.4 Å². The number of aromatic nitrogens is 1. The van der Waals surface area contributed by atoms with E-state index in [1.54, 1.807) is 6.20 Å². The Morgan fingerprint density at radius 1 is 1.14 bits per heavy atom. The predicted octanol–water partition coefficient (Wildman–Crippen LogP) is 2.48. The highest BCUT2D eigenvalue weighted by Gasteiger charge is 2.25. The molecule has 6 heteroatoms. The minimum absolute atomic E-state index is 0.199. The molecular formula is C22H27N3O3. The van der Waals surface area contributed by atoms with Crippen molar-refractivity contribution in [3.05, 3.63) is 59.9 Å². The quantitative estimate of drug-likeness (QED) is 0.797. The average Bonchev–Trinajstić information content (AvgIpc) is 2.95. The van der Waals surface area contributed by atoms with Gasteiger partial charge in [-0.1, -0.05) is 24.3 Å². The fourth-order valence-electron chi connectivity index (χ4n) is 3.78. The molecule has 1 amide bonds. The molecule has 0 unspecified atom stereocenters. The second-order valence-corrected chi connectivity index (χ2v) is 7.42. The van der Waals surface area contributed by atoms with Crippen LogP contribution in [0.15, 0.2) is 48.8 Å². The summed E-state index contributed by atoms with van der Waals surface area (Å²) in [5.41, 5.74) is 2.24. The summed E-state index contributed by atoms with van der Waals surface area (Å²) >= 11 is 0. The molecule has 0 N–H and O–H groups in total. The van der Waals surface area contributed by atoms with Crippen LogP contribution in [-0.4, -0.2) is 59.6 Å². The van der Waals surface area contributed by atoms with Crippen LogP contribution in [-0.2, 0) is 22.7 Å². The highest BCUT2D eigenvalue weighted by atomic mass is 16.5. The van der Waals surface area contributed by atoms with Gasteiger partial charge in [-0.2, -0.15) is 0 Å². The Morgan fingerprint density at radius 2 is 2.00 bits per heavy atom. The molecule has 0 radical (unpaired) electrons. The Bertz CT molecular complexity index is 776. The molecule has 2 aliphatic rings. The van der Waals surface area contributed by atoms with E-state index in [0.29, 0.717) is 19.8 Å². The number of nitrogens with zero attached hydrogens (tertiary/aromatic N) is 3. The topological polar surface area (TPSA) is 54.9 Å². The summed E-state index contributed by atoms with van der Waals surface area (Å²) in [4.78, 5) is 21.0. The molecule has 0 atom stereocenters. The van der Waals surface area contributed by atoms with Crippen LogP contribution in [0, 0.1) is 0 Å². The zero-order valence-corrected chi connectivity index (χ0v) is 16.1. The number of carbonyl (C=O) groups is 1. The molecular weight excluding hydrogens is 354 g/mol. The van der Waals surface area contributed by atoms with Gasteiger partial charge in [0, 0.05) is 44.1 Å². The summed E-state index contributed by atoms with van der Waals surface area (Å²) in [5, 5.41) is 0. The van der Waals surface area contributed by atoms with Crippen LogP contribution in [0.5, 0.6) is 5.75 Å². The van der Waals surface area contributed by atoms with Crippen molar-refractivity contribution in [2.75, 3.05) is 32.8 Å². The standard InChI is InChI=1S/C22H27N3O3/c26-22(16-24-12-13-27-21-6-2-1-5-19(21)15-24)25-10-7-20(8-11-25)28-17-18-4-3-9-23-14-18/h1-6,9,14,20H,7-8,10-13,15-17H2. The van der Waals surface area contributed by atoms with Crippen molar-refractivity contribution in [1.82, 2.24) is 14.8 Å². The van der Waals surface area contributed by atoms with Crippen molar-refractivity contribution in [1.29, 1.82) is 0 Å². The van der Waals surface area contributed by atoms with Gasteiger partial charge in [0.2, 0.25) is 5.91 Å². The van der Waals surface area contributed by atoms with Crippen LogP contribution in [0.1, 0.15) is 24.0 Å². The van der Waals surface area contributed by atoms with Gasteiger partial charge < -0.3 is 14.4 Å². The molecule has 0 spiro atoms. The van der Waals surface area contributed by atoms with Crippen molar-refractivity contribution in [2.24, 2.45) is 0 Å². The molecule has 1 saturated heterocycles. The van der Waals surface area contributed by atoms with E-state index in [9.17, 15) is 4.79 Å². The highest BCUT2D eigenvalue weighted by Crippen LogP contribution is 2.22. The van der Waals surface area contributed by atoms with Crippen molar-refractivity contribution in [3.8, 4) is 5.75 Å². The fourth-order valence-corrected chi connectivity index (χ4v) is 3.78. The molecule has 0 bridgehead atoms. The third-order valence-corrected chi connectivity index (χ3v) is 5.39. The number of likely N-dealkylation sites (tertiary alicyclic amines) is 1. The second kappa shape index (κ2) is 9.17. The van der Waals surface area contributed by atoms with Gasteiger partial charge in [0.15, 0.2) is 0 Å². The first-order valence-corrected chi connectivity index (χ1v) is 9.99. The van der Waals surface area contributed by atoms with E-state index >= 15 is 0 Å². The van der Waals surface area contributed by atoms with Gasteiger partial charge in [-0.15, -0.1) is 0 Å². The number of fused-ring (bicyclic) bond motifs is 1. The summed E-state index contributed by atoms with van der Waals surface area (Å²) in [6.45, 7) is 4.69. The fraction of sp³-hybridized carbons (Fsp3) is 0.455. The molecule has 6 nitrogen and oxygen atoms in total. The molecule has 28 heavy (non-hydrogen) atoms. The smallest absolute Gasteiger partial charge is 0.236 e. The van der Waals surface area contributed by atoms with E-state index in [1.165, 1.54) is 0 Å². The maximum atomic E-state index is 12.8. The Morgan fingerprint density at radius 3 is 2.82 bits per heavy atom. The molecule has 1 aromatic heterocycles. The first-order chi connectivity index (χ1) is 13.8. The van der Waals surface area contributed by atoms with Gasteiger partial charge in [-0.3, -0.25) is 14.7 Å². The number of ether oxygens (including phenoxy) is 2. The van der Waals surface area contributed by atoms with Crippen molar-refractivity contribution >= 4 is 5.91 Å². The molecule has 1 fully saturated rings. The monoisotopic (exact) mass is 381 g/mol. The zero-order valence-electron chi connectivity index (χ0n) is 16.1. The number of amides is 1. The zero-order chi connectivity index (χ0) is 19.2. The van der Waals surface area contributed by atoms with E-state index in [0.717, 1.165) is 55.9 Å². The number of rotatable bonds is 5. The Kier molecular flexibility index (Phi) is 6.19. The van der Waals surface area contributed by atoms with Gasteiger partial charge >= 0.3 is 0 Å². The Labute approximate surface area is 166 Å². The van der Waals surface area contributed by atoms with E-state index in [2.05, 4.69) is 16.0 Å². The predicted molar refractivity (Wildman–Crippen MR) is 106 cm³/mol. The SMILES string of the molecule is O=C(CN1CCOc2ccccc2C1)N1CCC(OCc2cccnc2)CC1. The van der Waals surface area contributed by atoms with Crippen LogP contribution < -0.4 is 4.74 Å². The van der Waals surface area contributed by atoms with Crippen LogP contribution in [0.4, 0.5) is 0 Å². The lowest BCUT2D eigenvalue weighted by molar-refractivity contribution is -0.135. The molecule has 4 rings (SSSR count). The number of carbonyl (C=O) groups excluding carboxylic acids is 1. The summed E-state index contributed by atoms with van der Waals surface area (Å²) < 4.78 is 11.8. The van der Waals surface area contributed by atoms with Gasteiger partial charge in [-0.25, -0.2) is 0 Å². The molecule has 2 aromatic rings. The Balaban J connectivity index is 1.23. The van der Waals surface area contributed by atoms with E-state index in [4.69, 9.17) is 9.47 Å². The molecule has 2 aliphatic heterocycles. The second-order valence-electron chi connectivity index (χ2n) is 7.42. The normalized spacial score (nSPS) is 18.2. The first-order valence-electron chi connectivity index (χ1n) is 9.99. The maximum Gasteiger partial charge on any atom is 0.236 e. The van der Waals surface area contributed by atoms with Crippen LogP contribution >= 0.6 is 0 Å². The highest BCUT2D eigenvalue weighted by molar-refractivity contribution is 5.78. The lowest BCUT2D eigenvalue weighted by atomic mass is 10.1. The minimum Gasteiger partial charge on any atom is -0.492 e. The van der Waals surface area contributed by atoms with Crippen LogP contribution in [0.25, 0.3) is 0 Å². The number of para-hydroxylation sites is 1. The lowest BCUT2D eigenvalue weighted by Crippen LogP contribution is -2.45. The van der Waals surface area contributed by atoms with Crippen molar-refractivity contribution in [3.63, 3.8) is 0 Å². The number of hydrogen-bond acceptors (Lipinski definition) is 5. The number of piperidine rings is 1. The molecule has 0 saturated carbocycles. The largest absolute Gasteiger partial charge is 0.492 e. The molecule has 0 aliphatic carbocycles. The summed E-state index contributed by atoms with van der Waals surface area (Å²) in [6.07, 6.45) is 5.59. The van der Waals surface area contributed by atoms with Crippen molar-refractivity contribution < 1.29 is 14.3 Å². The third-order valence-electron chi connectivity index (χ3n) is 5.39. The van der Waals surface area contributed by atoms with Crippen LogP contribution in [0.2, 0.25) is 0 Å². The number of benzene rings is 1. The Hall–Kier alpha value is -2.44. The average molecular weight is 381 g/mol. The van der Waals surface area contributed by atoms with Crippen LogP contribution in [0.3, 0.4) is 0 Å². The van der Waals surface area contributed by atoms with Gasteiger partial charge in [-0.05, 0) is 30.5 Å². The summed E-state index contributed by atoms with van der Waals surface area (Å²) in [7, 11) is 0. The number of pyridine rings is 1. The molecule has 148 valence electrons. The summed E-state index contributed by atoms with van der Waals surface area (Å²) in [6, 6.07) is 12.0. The third kappa shape index (κ3) is 4.88. The first kappa shape index (κ1) is 18.9. The van der Waals surface area contributed by atoms with Gasteiger partial charge in [0.1, 0.15) is 12.4 Å². The van der Waals surface area contributed by atoms with Crippen molar-refractivity contribution in [2.45, 2.75) is 32.1 Å². The summed E-state index contributed by atoms with van der Waals surface area (Å²) in [5.74, 6) is 1.13. The van der Waals surface area contributed by atoms with Gasteiger partial charge in [0.25, 0.3) is 0 Å². The van der Waals surface area contributed by atoms with Gasteiger partial charge in [0.05, 0.1) is 19.3 Å². The molecule has 1 aromatic carbocycles. The number of hydrogen-bond donors (Lipinski definition) is 0. The minimum atomic E-state index is 0.199. The molecule has 3 heterocycles. The van der Waals surface area contributed by atoms with E-state index < -0.39 is 0 Å². The maximum absolute atomic E-state index is 12.8. The lowest BCUT2D eigenvalue weighted by Gasteiger charge is -2.33. The van der Waals surface area contributed by atoms with E-state index in [-0.39, 0.29) is 12.0 Å².